The van der Waals surface area contributed by atoms with Gasteiger partial charge in [-0.2, -0.15) is 4.31 Å². The molecule has 0 aromatic heterocycles. The van der Waals surface area contributed by atoms with Gasteiger partial charge in [0, 0.05) is 19.6 Å². The highest BCUT2D eigenvalue weighted by Crippen LogP contribution is 2.36. The van der Waals surface area contributed by atoms with Gasteiger partial charge in [0.15, 0.2) is 0 Å². The van der Waals surface area contributed by atoms with E-state index in [4.69, 9.17) is 5.73 Å². The Morgan fingerprint density at radius 3 is 2.35 bits per heavy atom. The van der Waals surface area contributed by atoms with E-state index in [9.17, 15) is 8.42 Å². The number of aryl methyl sites for hydroxylation is 1. The predicted octanol–water partition coefficient (Wildman–Crippen LogP) is 2.00. The molecule has 1 fully saturated rings. The molecule has 0 aliphatic heterocycles. The van der Waals surface area contributed by atoms with Crippen LogP contribution in [0.25, 0.3) is 0 Å². The molecule has 4 nitrogen and oxygen atoms in total. The maximum Gasteiger partial charge on any atom is 0.243 e. The topological polar surface area (TPSA) is 63.4 Å². The average molecular weight is 296 g/mol. The monoisotopic (exact) mass is 296 g/mol. The lowest BCUT2D eigenvalue weighted by atomic mass is 10.1. The van der Waals surface area contributed by atoms with E-state index < -0.39 is 10.0 Å². The van der Waals surface area contributed by atoms with E-state index in [1.54, 1.807) is 19.2 Å². The Bertz CT molecular complexity index is 535. The summed E-state index contributed by atoms with van der Waals surface area (Å²) in [6.45, 7) is 2.49. The molecule has 2 rings (SSSR count). The zero-order valence-electron chi connectivity index (χ0n) is 12.2. The van der Waals surface area contributed by atoms with Crippen LogP contribution in [0.15, 0.2) is 29.2 Å². The van der Waals surface area contributed by atoms with Crippen LogP contribution in [0.2, 0.25) is 0 Å². The zero-order valence-corrected chi connectivity index (χ0v) is 13.1. The molecule has 1 unspecified atom stereocenters. The molecule has 1 saturated carbocycles. The smallest absolute Gasteiger partial charge is 0.243 e. The molecule has 112 valence electrons. The zero-order chi connectivity index (χ0) is 14.8. The molecule has 0 bridgehead atoms. The van der Waals surface area contributed by atoms with Crippen molar-refractivity contribution in [2.24, 2.45) is 11.7 Å². The van der Waals surface area contributed by atoms with E-state index in [0.717, 1.165) is 25.7 Å². The third kappa shape index (κ3) is 3.22. The second kappa shape index (κ2) is 6.24. The fourth-order valence-electron chi connectivity index (χ4n) is 2.58. The van der Waals surface area contributed by atoms with Crippen LogP contribution in [0.1, 0.15) is 31.7 Å². The maximum absolute atomic E-state index is 12.6. The van der Waals surface area contributed by atoms with Crippen LogP contribution in [0.4, 0.5) is 0 Å². The van der Waals surface area contributed by atoms with Crippen LogP contribution in [0.5, 0.6) is 0 Å². The minimum absolute atomic E-state index is 0.0738. The van der Waals surface area contributed by atoms with E-state index in [2.05, 4.69) is 6.92 Å². The van der Waals surface area contributed by atoms with Gasteiger partial charge in [-0.1, -0.05) is 25.5 Å². The minimum atomic E-state index is -3.43. The molecular weight excluding hydrogens is 272 g/mol. The minimum Gasteiger partial charge on any atom is -0.329 e. The van der Waals surface area contributed by atoms with Gasteiger partial charge in [0.05, 0.1) is 4.90 Å². The molecule has 0 heterocycles. The van der Waals surface area contributed by atoms with Gasteiger partial charge >= 0.3 is 0 Å². The van der Waals surface area contributed by atoms with Gasteiger partial charge < -0.3 is 5.73 Å². The lowest BCUT2D eigenvalue weighted by molar-refractivity contribution is 0.340. The van der Waals surface area contributed by atoms with Crippen molar-refractivity contribution >= 4 is 10.0 Å². The lowest BCUT2D eigenvalue weighted by Crippen LogP contribution is -2.43. The van der Waals surface area contributed by atoms with Crippen LogP contribution < -0.4 is 5.73 Å². The van der Waals surface area contributed by atoms with Crippen LogP contribution in [0.3, 0.4) is 0 Å². The Morgan fingerprint density at radius 2 is 1.90 bits per heavy atom. The van der Waals surface area contributed by atoms with Crippen molar-refractivity contribution in [1.29, 1.82) is 0 Å². The predicted molar refractivity (Wildman–Crippen MR) is 81.0 cm³/mol. The molecule has 5 heteroatoms. The van der Waals surface area contributed by atoms with Gasteiger partial charge in [-0.05, 0) is 42.9 Å². The molecule has 0 saturated heterocycles. The summed E-state index contributed by atoms with van der Waals surface area (Å²) in [7, 11) is -1.79. The summed E-state index contributed by atoms with van der Waals surface area (Å²) < 4.78 is 26.7. The molecular formula is C15H24N2O2S. The van der Waals surface area contributed by atoms with Crippen LogP contribution >= 0.6 is 0 Å². The summed E-state index contributed by atoms with van der Waals surface area (Å²) in [5.74, 6) is 0.430. The molecule has 0 radical (unpaired) electrons. The molecule has 1 aromatic rings. The number of hydrogen-bond acceptors (Lipinski definition) is 3. The normalized spacial score (nSPS) is 17.4. The first-order chi connectivity index (χ1) is 9.50. The second-order valence-corrected chi connectivity index (χ2v) is 7.55. The van der Waals surface area contributed by atoms with Crippen LogP contribution in [-0.4, -0.2) is 32.4 Å². The molecule has 1 aliphatic rings. The number of hydrogen-bond donors (Lipinski definition) is 1. The summed E-state index contributed by atoms with van der Waals surface area (Å²) in [6.07, 6.45) is 4.20. The summed E-state index contributed by atoms with van der Waals surface area (Å²) in [4.78, 5) is 0.360. The van der Waals surface area contributed by atoms with Crippen molar-refractivity contribution in [3.05, 3.63) is 29.8 Å². The Balaban J connectivity index is 2.20. The van der Waals surface area contributed by atoms with Gasteiger partial charge in [-0.15, -0.1) is 0 Å². The average Bonchev–Trinajstić information content (AvgIpc) is 3.25. The number of sulfonamides is 1. The highest BCUT2D eigenvalue weighted by Gasteiger charge is 2.38. The Labute approximate surface area is 122 Å². The van der Waals surface area contributed by atoms with Gasteiger partial charge in [-0.25, -0.2) is 8.42 Å². The third-order valence-electron chi connectivity index (χ3n) is 4.01. The Hall–Kier alpha value is -0.910. The van der Waals surface area contributed by atoms with E-state index in [1.165, 1.54) is 9.87 Å². The van der Waals surface area contributed by atoms with E-state index in [-0.39, 0.29) is 6.04 Å². The molecule has 0 spiro atoms. The maximum atomic E-state index is 12.6. The van der Waals surface area contributed by atoms with Crippen molar-refractivity contribution in [3.8, 4) is 0 Å². The molecule has 2 N–H and O–H groups in total. The van der Waals surface area contributed by atoms with Crippen molar-refractivity contribution in [2.45, 2.75) is 43.5 Å². The molecule has 1 aliphatic carbocycles. The fraction of sp³-hybridized carbons (Fsp3) is 0.600. The van der Waals surface area contributed by atoms with Crippen molar-refractivity contribution < 1.29 is 8.42 Å². The van der Waals surface area contributed by atoms with Gasteiger partial charge in [0.25, 0.3) is 0 Å². The largest absolute Gasteiger partial charge is 0.329 e. The quantitative estimate of drug-likeness (QED) is 0.837. The SMILES string of the molecule is CCCc1ccc(S(=O)(=O)N(C)C(CN)C2CC2)cc1. The molecule has 20 heavy (non-hydrogen) atoms. The first-order valence-corrected chi connectivity index (χ1v) is 8.71. The van der Waals surface area contributed by atoms with Crippen molar-refractivity contribution in [2.75, 3.05) is 13.6 Å². The van der Waals surface area contributed by atoms with E-state index in [0.29, 0.717) is 17.4 Å². The number of rotatable bonds is 7. The summed E-state index contributed by atoms with van der Waals surface area (Å²) in [5.41, 5.74) is 6.92. The highest BCUT2D eigenvalue weighted by atomic mass is 32.2. The standard InChI is InChI=1S/C15H24N2O2S/c1-3-4-12-5-9-14(10-6-12)20(18,19)17(2)15(11-16)13-7-8-13/h5-6,9-10,13,15H,3-4,7-8,11,16H2,1-2H3. The van der Waals surface area contributed by atoms with Gasteiger partial charge in [-0.3, -0.25) is 0 Å². The number of nitrogens with two attached hydrogens (primary N) is 1. The summed E-state index contributed by atoms with van der Waals surface area (Å²) >= 11 is 0. The fourth-order valence-corrected chi connectivity index (χ4v) is 4.01. The Kier molecular flexibility index (Phi) is 4.83. The molecule has 1 aromatic carbocycles. The molecule has 0 amide bonds. The van der Waals surface area contributed by atoms with E-state index in [1.807, 2.05) is 12.1 Å². The highest BCUT2D eigenvalue weighted by molar-refractivity contribution is 7.89. The second-order valence-electron chi connectivity index (χ2n) is 5.56. The molecule has 1 atom stereocenters. The lowest BCUT2D eigenvalue weighted by Gasteiger charge is -2.26. The number of likely N-dealkylation sites (N-methyl/N-ethyl adjacent to an activating group) is 1. The third-order valence-corrected chi connectivity index (χ3v) is 5.91. The van der Waals surface area contributed by atoms with Crippen LogP contribution in [0, 0.1) is 5.92 Å². The van der Waals surface area contributed by atoms with Crippen LogP contribution in [-0.2, 0) is 16.4 Å². The van der Waals surface area contributed by atoms with Crippen molar-refractivity contribution in [1.82, 2.24) is 4.31 Å². The van der Waals surface area contributed by atoms with Gasteiger partial charge in [0.1, 0.15) is 0 Å². The number of nitrogens with zero attached hydrogens (tertiary/aromatic N) is 1. The van der Waals surface area contributed by atoms with E-state index >= 15 is 0 Å². The number of benzene rings is 1. The summed E-state index contributed by atoms with van der Waals surface area (Å²) in [5, 5.41) is 0. The first kappa shape index (κ1) is 15.5. The first-order valence-electron chi connectivity index (χ1n) is 7.27. The Morgan fingerprint density at radius 1 is 1.30 bits per heavy atom. The summed E-state index contributed by atoms with van der Waals surface area (Å²) in [6, 6.07) is 7.14. The van der Waals surface area contributed by atoms with Gasteiger partial charge in [0.2, 0.25) is 10.0 Å². The van der Waals surface area contributed by atoms with Crippen molar-refractivity contribution in [3.63, 3.8) is 0 Å².